The quantitative estimate of drug-likeness (QED) is 0.883. The minimum absolute atomic E-state index is 0.201. The van der Waals surface area contributed by atoms with Crippen molar-refractivity contribution in [1.82, 2.24) is 0 Å². The smallest absolute Gasteiger partial charge is 0.137 e. The van der Waals surface area contributed by atoms with E-state index in [0.717, 1.165) is 24.8 Å². The SMILES string of the molecule is CCC(N)CCc1cccc(F)c1Br. The van der Waals surface area contributed by atoms with Crippen molar-refractivity contribution in [3.8, 4) is 0 Å². The summed E-state index contributed by atoms with van der Waals surface area (Å²) in [6.07, 6.45) is 2.69. The summed E-state index contributed by atoms with van der Waals surface area (Å²) >= 11 is 3.24. The highest BCUT2D eigenvalue weighted by atomic mass is 79.9. The van der Waals surface area contributed by atoms with Crippen LogP contribution in [0, 0.1) is 5.82 Å². The molecular weight excluding hydrogens is 245 g/mol. The second-order valence-corrected chi connectivity index (χ2v) is 4.21. The molecule has 0 saturated heterocycles. The summed E-state index contributed by atoms with van der Waals surface area (Å²) in [7, 11) is 0. The van der Waals surface area contributed by atoms with Gasteiger partial charge < -0.3 is 5.73 Å². The van der Waals surface area contributed by atoms with Crippen LogP contribution in [0.5, 0.6) is 0 Å². The molecule has 0 amide bonds. The van der Waals surface area contributed by atoms with Crippen LogP contribution in [0.1, 0.15) is 25.3 Å². The fourth-order valence-electron chi connectivity index (χ4n) is 1.29. The molecule has 0 radical (unpaired) electrons. The molecular formula is C11H15BrFN. The highest BCUT2D eigenvalue weighted by molar-refractivity contribution is 9.10. The molecule has 1 aromatic carbocycles. The van der Waals surface area contributed by atoms with E-state index in [1.54, 1.807) is 6.07 Å². The molecule has 0 heterocycles. The summed E-state index contributed by atoms with van der Waals surface area (Å²) in [4.78, 5) is 0. The second kappa shape index (κ2) is 5.47. The summed E-state index contributed by atoms with van der Waals surface area (Å²) in [5.41, 5.74) is 6.79. The van der Waals surface area contributed by atoms with E-state index >= 15 is 0 Å². The van der Waals surface area contributed by atoms with Gasteiger partial charge in [-0.3, -0.25) is 0 Å². The van der Waals surface area contributed by atoms with Crippen molar-refractivity contribution in [2.45, 2.75) is 32.2 Å². The number of aryl methyl sites for hydroxylation is 1. The Labute approximate surface area is 92.6 Å². The van der Waals surface area contributed by atoms with Gasteiger partial charge in [0.15, 0.2) is 0 Å². The molecule has 0 aromatic heterocycles. The number of hydrogen-bond donors (Lipinski definition) is 1. The zero-order chi connectivity index (χ0) is 10.6. The van der Waals surface area contributed by atoms with Gasteiger partial charge in [-0.2, -0.15) is 0 Å². The topological polar surface area (TPSA) is 26.0 Å². The number of benzene rings is 1. The molecule has 0 fully saturated rings. The Kier molecular flexibility index (Phi) is 4.55. The Morgan fingerprint density at radius 3 is 2.86 bits per heavy atom. The summed E-state index contributed by atoms with van der Waals surface area (Å²) < 4.78 is 13.7. The van der Waals surface area contributed by atoms with Crippen LogP contribution in [0.2, 0.25) is 0 Å². The average Bonchev–Trinajstić information content (AvgIpc) is 2.20. The maximum absolute atomic E-state index is 13.1. The van der Waals surface area contributed by atoms with Gasteiger partial charge >= 0.3 is 0 Å². The molecule has 0 spiro atoms. The summed E-state index contributed by atoms with van der Waals surface area (Å²) in [5, 5.41) is 0. The standard InChI is InChI=1S/C11H15BrFN/c1-2-9(14)7-6-8-4-3-5-10(13)11(8)12/h3-5,9H,2,6-7,14H2,1H3. The van der Waals surface area contributed by atoms with Crippen LogP contribution < -0.4 is 5.73 Å². The summed E-state index contributed by atoms with van der Waals surface area (Å²) in [6, 6.07) is 5.32. The van der Waals surface area contributed by atoms with Crippen LogP contribution in [-0.4, -0.2) is 6.04 Å². The molecule has 0 aliphatic rings. The van der Waals surface area contributed by atoms with Crippen LogP contribution >= 0.6 is 15.9 Å². The molecule has 78 valence electrons. The van der Waals surface area contributed by atoms with Crippen LogP contribution in [0.25, 0.3) is 0 Å². The molecule has 0 aliphatic carbocycles. The minimum atomic E-state index is -0.201. The lowest BCUT2D eigenvalue weighted by Crippen LogP contribution is -2.19. The van der Waals surface area contributed by atoms with Crippen molar-refractivity contribution >= 4 is 15.9 Å². The molecule has 1 aromatic rings. The lowest BCUT2D eigenvalue weighted by atomic mass is 10.0. The molecule has 1 rings (SSSR count). The lowest BCUT2D eigenvalue weighted by molar-refractivity contribution is 0.587. The van der Waals surface area contributed by atoms with Gasteiger partial charge in [0.05, 0.1) is 4.47 Å². The van der Waals surface area contributed by atoms with Gasteiger partial charge in [0, 0.05) is 6.04 Å². The third-order valence-corrected chi connectivity index (χ3v) is 3.23. The van der Waals surface area contributed by atoms with Crippen LogP contribution in [0.3, 0.4) is 0 Å². The van der Waals surface area contributed by atoms with Crippen molar-refractivity contribution in [2.24, 2.45) is 5.73 Å². The first-order chi connectivity index (χ1) is 6.65. The fourth-order valence-corrected chi connectivity index (χ4v) is 1.75. The third kappa shape index (κ3) is 3.07. The number of halogens is 2. The molecule has 0 saturated carbocycles. The van der Waals surface area contributed by atoms with Gasteiger partial charge in [-0.15, -0.1) is 0 Å². The van der Waals surface area contributed by atoms with Crippen LogP contribution in [0.15, 0.2) is 22.7 Å². The minimum Gasteiger partial charge on any atom is -0.328 e. The predicted molar refractivity (Wildman–Crippen MR) is 60.7 cm³/mol. The normalized spacial score (nSPS) is 12.9. The van der Waals surface area contributed by atoms with E-state index in [9.17, 15) is 4.39 Å². The van der Waals surface area contributed by atoms with Gasteiger partial charge in [-0.25, -0.2) is 4.39 Å². The Hall–Kier alpha value is -0.410. The average molecular weight is 260 g/mol. The molecule has 14 heavy (non-hydrogen) atoms. The lowest BCUT2D eigenvalue weighted by Gasteiger charge is -2.09. The van der Waals surface area contributed by atoms with Crippen molar-refractivity contribution < 1.29 is 4.39 Å². The highest BCUT2D eigenvalue weighted by Gasteiger charge is 2.06. The van der Waals surface area contributed by atoms with Gasteiger partial charge in [0.1, 0.15) is 5.82 Å². The van der Waals surface area contributed by atoms with Gasteiger partial charge in [-0.05, 0) is 46.8 Å². The maximum Gasteiger partial charge on any atom is 0.137 e. The Bertz CT molecular complexity index is 301. The number of nitrogens with two attached hydrogens (primary N) is 1. The first-order valence-corrected chi connectivity index (χ1v) is 5.63. The van der Waals surface area contributed by atoms with Crippen molar-refractivity contribution in [1.29, 1.82) is 0 Å². The van der Waals surface area contributed by atoms with E-state index in [1.165, 1.54) is 6.07 Å². The molecule has 2 N–H and O–H groups in total. The fraction of sp³-hybridized carbons (Fsp3) is 0.455. The Morgan fingerprint density at radius 2 is 2.21 bits per heavy atom. The molecule has 1 nitrogen and oxygen atoms in total. The van der Waals surface area contributed by atoms with Gasteiger partial charge in [0.25, 0.3) is 0 Å². The Morgan fingerprint density at radius 1 is 1.50 bits per heavy atom. The first-order valence-electron chi connectivity index (χ1n) is 4.83. The monoisotopic (exact) mass is 259 g/mol. The second-order valence-electron chi connectivity index (χ2n) is 3.42. The molecule has 1 unspecified atom stereocenters. The number of hydrogen-bond acceptors (Lipinski definition) is 1. The van der Waals surface area contributed by atoms with E-state index in [2.05, 4.69) is 22.9 Å². The molecule has 1 atom stereocenters. The maximum atomic E-state index is 13.1. The predicted octanol–water partition coefficient (Wildman–Crippen LogP) is 3.26. The first kappa shape index (κ1) is 11.7. The van der Waals surface area contributed by atoms with E-state index in [-0.39, 0.29) is 11.9 Å². The van der Waals surface area contributed by atoms with Crippen LogP contribution in [0.4, 0.5) is 4.39 Å². The van der Waals surface area contributed by atoms with Gasteiger partial charge in [-0.1, -0.05) is 19.1 Å². The molecule has 3 heteroatoms. The van der Waals surface area contributed by atoms with E-state index < -0.39 is 0 Å². The number of rotatable bonds is 4. The van der Waals surface area contributed by atoms with Crippen molar-refractivity contribution in [2.75, 3.05) is 0 Å². The summed E-state index contributed by atoms with van der Waals surface area (Å²) in [5.74, 6) is -0.201. The highest BCUT2D eigenvalue weighted by Crippen LogP contribution is 2.21. The zero-order valence-corrected chi connectivity index (χ0v) is 9.85. The van der Waals surface area contributed by atoms with Crippen LogP contribution in [-0.2, 0) is 6.42 Å². The summed E-state index contributed by atoms with van der Waals surface area (Å²) in [6.45, 7) is 2.06. The van der Waals surface area contributed by atoms with Gasteiger partial charge in [0.2, 0.25) is 0 Å². The van der Waals surface area contributed by atoms with E-state index in [0.29, 0.717) is 4.47 Å². The molecule has 0 aliphatic heterocycles. The van der Waals surface area contributed by atoms with E-state index in [1.807, 2.05) is 6.07 Å². The zero-order valence-electron chi connectivity index (χ0n) is 8.26. The third-order valence-electron chi connectivity index (χ3n) is 2.34. The molecule has 0 bridgehead atoms. The Balaban J connectivity index is 2.63. The van der Waals surface area contributed by atoms with Crippen molar-refractivity contribution in [3.05, 3.63) is 34.1 Å². The van der Waals surface area contributed by atoms with Crippen molar-refractivity contribution in [3.63, 3.8) is 0 Å². The largest absolute Gasteiger partial charge is 0.328 e. The van der Waals surface area contributed by atoms with E-state index in [4.69, 9.17) is 5.73 Å².